The molecule has 3 heteroatoms. The number of rotatable bonds is 0. The third kappa shape index (κ3) is 1.01. The quantitative estimate of drug-likeness (QED) is 0.620. The minimum atomic E-state index is 0.257. The van der Waals surface area contributed by atoms with Gasteiger partial charge < -0.3 is 5.11 Å². The first-order valence-corrected chi connectivity index (χ1v) is 4.91. The van der Waals surface area contributed by atoms with Gasteiger partial charge in [0, 0.05) is 0 Å². The summed E-state index contributed by atoms with van der Waals surface area (Å²) >= 11 is 5.86. The minimum Gasteiger partial charge on any atom is -0.507 e. The first-order valence-electron chi connectivity index (χ1n) is 3.59. The molecular weight excluding hydrogens is 188 g/mol. The molecule has 0 saturated heterocycles. The van der Waals surface area contributed by atoms with E-state index in [-0.39, 0.29) is 5.75 Å². The first kappa shape index (κ1) is 7.95. The number of benzene rings is 1. The zero-order chi connectivity index (χ0) is 8.72. The molecule has 1 nitrogen and oxygen atoms in total. The van der Waals surface area contributed by atoms with E-state index in [2.05, 4.69) is 24.9 Å². The van der Waals surface area contributed by atoms with E-state index in [1.165, 1.54) is 10.9 Å². The van der Waals surface area contributed by atoms with E-state index >= 15 is 0 Å². The summed E-state index contributed by atoms with van der Waals surface area (Å²) in [6.07, 6.45) is 0. The number of aryl methyl sites for hydroxylation is 1. The van der Waals surface area contributed by atoms with E-state index < -0.39 is 0 Å². The smallest absolute Gasteiger partial charge is 0.130 e. The lowest BCUT2D eigenvalue weighted by atomic mass is 10.2. The molecule has 62 valence electrons. The molecule has 0 bridgehead atoms. The van der Waals surface area contributed by atoms with E-state index in [1.54, 1.807) is 17.4 Å². The topological polar surface area (TPSA) is 20.2 Å². The van der Waals surface area contributed by atoms with Gasteiger partial charge in [0.25, 0.3) is 0 Å². The van der Waals surface area contributed by atoms with Crippen molar-refractivity contribution in [2.24, 2.45) is 0 Å². The Morgan fingerprint density at radius 3 is 2.92 bits per heavy atom. The van der Waals surface area contributed by atoms with Crippen LogP contribution in [0.1, 0.15) is 5.56 Å². The monoisotopic (exact) mass is 196 g/mol. The van der Waals surface area contributed by atoms with Crippen molar-refractivity contribution in [3.05, 3.63) is 23.1 Å². The van der Waals surface area contributed by atoms with Crippen LogP contribution < -0.4 is 0 Å². The van der Waals surface area contributed by atoms with Crippen molar-refractivity contribution >= 4 is 34.1 Å². The predicted molar refractivity (Wildman–Crippen MR) is 55.5 cm³/mol. The molecule has 0 aliphatic heterocycles. The highest BCUT2D eigenvalue weighted by molar-refractivity contribution is 7.80. The van der Waals surface area contributed by atoms with E-state index in [4.69, 9.17) is 0 Å². The Kier molecular flexibility index (Phi) is 1.77. The van der Waals surface area contributed by atoms with Crippen molar-refractivity contribution in [1.82, 2.24) is 0 Å². The molecule has 0 aliphatic rings. The van der Waals surface area contributed by atoms with Crippen LogP contribution in [-0.2, 0) is 0 Å². The molecule has 2 aromatic rings. The Bertz CT molecular complexity index is 431. The molecule has 1 heterocycles. The lowest BCUT2D eigenvalue weighted by Gasteiger charge is -1.98. The van der Waals surface area contributed by atoms with E-state index in [0.717, 1.165) is 4.70 Å². The average molecular weight is 196 g/mol. The van der Waals surface area contributed by atoms with Crippen LogP contribution >= 0.6 is 24.0 Å². The molecule has 0 spiro atoms. The second-order valence-corrected chi connectivity index (χ2v) is 4.06. The third-order valence-electron chi connectivity index (χ3n) is 1.89. The highest BCUT2D eigenvalue weighted by Crippen LogP contribution is 2.35. The molecule has 0 aliphatic carbocycles. The molecule has 0 fully saturated rings. The second-order valence-electron chi connectivity index (χ2n) is 2.73. The molecule has 0 unspecified atom stereocenters. The van der Waals surface area contributed by atoms with Gasteiger partial charge in [0.2, 0.25) is 0 Å². The van der Waals surface area contributed by atoms with Crippen molar-refractivity contribution in [3.63, 3.8) is 0 Å². The molecule has 1 aromatic heterocycles. The Labute approximate surface area is 80.1 Å². The van der Waals surface area contributed by atoms with E-state index in [1.807, 2.05) is 6.07 Å². The van der Waals surface area contributed by atoms with Crippen LogP contribution in [0.3, 0.4) is 0 Å². The molecule has 1 aromatic carbocycles. The number of hydrogen-bond donors (Lipinski definition) is 2. The van der Waals surface area contributed by atoms with Crippen LogP contribution in [0.25, 0.3) is 10.1 Å². The molecule has 0 atom stereocenters. The lowest BCUT2D eigenvalue weighted by molar-refractivity contribution is 0.464. The van der Waals surface area contributed by atoms with Gasteiger partial charge in [-0.1, -0.05) is 0 Å². The summed E-state index contributed by atoms with van der Waals surface area (Å²) in [6, 6.07) is 3.61. The lowest BCUT2D eigenvalue weighted by Crippen LogP contribution is -1.71. The largest absolute Gasteiger partial charge is 0.507 e. The van der Waals surface area contributed by atoms with Gasteiger partial charge in [-0.2, -0.15) is 0 Å². The van der Waals surface area contributed by atoms with Crippen molar-refractivity contribution in [1.29, 1.82) is 0 Å². The summed E-state index contributed by atoms with van der Waals surface area (Å²) in [6.45, 7) is 2.06. The number of phenolic OH excluding ortho intramolecular Hbond substituents is 1. The van der Waals surface area contributed by atoms with Crippen LogP contribution in [-0.4, -0.2) is 5.11 Å². The second kappa shape index (κ2) is 2.68. The maximum Gasteiger partial charge on any atom is 0.130 e. The zero-order valence-corrected chi connectivity index (χ0v) is 8.25. The molecule has 2 rings (SSSR count). The summed E-state index contributed by atoms with van der Waals surface area (Å²) in [5, 5.41) is 12.6. The van der Waals surface area contributed by atoms with Crippen molar-refractivity contribution in [2.75, 3.05) is 0 Å². The van der Waals surface area contributed by atoms with Crippen LogP contribution in [0.5, 0.6) is 5.75 Å². The maximum absolute atomic E-state index is 9.36. The van der Waals surface area contributed by atoms with Crippen LogP contribution in [0, 0.1) is 6.92 Å². The summed E-state index contributed by atoms with van der Waals surface area (Å²) < 4.78 is 1.07. The molecule has 12 heavy (non-hydrogen) atoms. The van der Waals surface area contributed by atoms with Gasteiger partial charge >= 0.3 is 0 Å². The summed E-state index contributed by atoms with van der Waals surface area (Å²) in [4.78, 5) is 0.686. The standard InChI is InChI=1S/C9H8OS2/c1-5-4-12-9-6(5)2-3-7(10)8(9)11/h2-4,10-11H,1H3. The molecule has 0 amide bonds. The Morgan fingerprint density at radius 1 is 1.42 bits per heavy atom. The summed E-state index contributed by atoms with van der Waals surface area (Å²) in [5.74, 6) is 0.257. The average Bonchev–Trinajstić information content (AvgIpc) is 2.41. The maximum atomic E-state index is 9.36. The SMILES string of the molecule is Cc1csc2c(S)c(O)ccc12. The third-order valence-corrected chi connectivity index (χ3v) is 3.62. The first-order chi connectivity index (χ1) is 5.70. The molecular formula is C9H8OS2. The number of thiol groups is 1. The van der Waals surface area contributed by atoms with Gasteiger partial charge in [0.1, 0.15) is 5.75 Å². The highest BCUT2D eigenvalue weighted by atomic mass is 32.1. The van der Waals surface area contributed by atoms with Crippen molar-refractivity contribution in [2.45, 2.75) is 11.8 Å². The van der Waals surface area contributed by atoms with Gasteiger partial charge in [-0.15, -0.1) is 24.0 Å². The Morgan fingerprint density at radius 2 is 2.17 bits per heavy atom. The van der Waals surface area contributed by atoms with Gasteiger partial charge in [0.15, 0.2) is 0 Å². The van der Waals surface area contributed by atoms with Gasteiger partial charge in [-0.3, -0.25) is 0 Å². The fraction of sp³-hybridized carbons (Fsp3) is 0.111. The molecule has 0 radical (unpaired) electrons. The van der Waals surface area contributed by atoms with Crippen LogP contribution in [0.15, 0.2) is 22.4 Å². The van der Waals surface area contributed by atoms with Gasteiger partial charge in [0.05, 0.1) is 9.60 Å². The number of fused-ring (bicyclic) bond motifs is 1. The fourth-order valence-electron chi connectivity index (χ4n) is 1.20. The normalized spacial score (nSPS) is 10.8. The van der Waals surface area contributed by atoms with E-state index in [0.29, 0.717) is 4.90 Å². The fourth-order valence-corrected chi connectivity index (χ4v) is 2.55. The number of aromatic hydroxyl groups is 1. The number of hydrogen-bond acceptors (Lipinski definition) is 3. The zero-order valence-electron chi connectivity index (χ0n) is 6.53. The Balaban J connectivity index is 2.93. The molecule has 0 saturated carbocycles. The highest BCUT2D eigenvalue weighted by Gasteiger charge is 2.06. The van der Waals surface area contributed by atoms with Crippen LogP contribution in [0.2, 0.25) is 0 Å². The van der Waals surface area contributed by atoms with Gasteiger partial charge in [-0.25, -0.2) is 0 Å². The summed E-state index contributed by atoms with van der Waals surface area (Å²) in [5.41, 5.74) is 1.24. The van der Waals surface area contributed by atoms with Crippen molar-refractivity contribution in [3.8, 4) is 5.75 Å². The van der Waals surface area contributed by atoms with Crippen molar-refractivity contribution < 1.29 is 5.11 Å². The minimum absolute atomic E-state index is 0.257. The predicted octanol–water partition coefficient (Wildman–Crippen LogP) is 3.20. The van der Waals surface area contributed by atoms with E-state index in [9.17, 15) is 5.11 Å². The van der Waals surface area contributed by atoms with Gasteiger partial charge in [-0.05, 0) is 35.4 Å². The molecule has 1 N–H and O–H groups in total. The summed E-state index contributed by atoms with van der Waals surface area (Å²) in [7, 11) is 0. The van der Waals surface area contributed by atoms with Crippen LogP contribution in [0.4, 0.5) is 0 Å². The number of thiophene rings is 1. The number of phenols is 1. The Hall–Kier alpha value is -0.670.